The fourth-order valence-electron chi connectivity index (χ4n) is 4.41. The van der Waals surface area contributed by atoms with Gasteiger partial charge in [0.1, 0.15) is 0 Å². The van der Waals surface area contributed by atoms with Crippen molar-refractivity contribution in [2.75, 3.05) is 55.8 Å². The molecule has 228 valence electrons. The molecule has 13 heteroatoms. The van der Waals surface area contributed by atoms with Crippen molar-refractivity contribution in [1.82, 2.24) is 10.3 Å². The standard InChI is InChI=1S/C30H31ClF3N5O3S/c1-38-9-11-39(12-10-38)23-6-8-27(36-28(41)22-4-2-3-21(15-22)19-43-14-13-40)24(17-23)29(42)37-35-18-20-5-7-26(31)25(16-20)30(32,33)34/h2-8,15-18,40H,9-14,19H2,1H3,(H,36,41)(H,37,42)/b35-18-. The largest absolute Gasteiger partial charge is 0.417 e. The zero-order valence-corrected chi connectivity index (χ0v) is 24.9. The summed E-state index contributed by atoms with van der Waals surface area (Å²) in [6, 6.07) is 15.5. The first-order valence-corrected chi connectivity index (χ1v) is 14.9. The number of rotatable bonds is 10. The number of aliphatic hydroxyl groups excluding tert-OH is 1. The lowest BCUT2D eigenvalue weighted by molar-refractivity contribution is -0.137. The van der Waals surface area contributed by atoms with Crippen LogP contribution in [0.4, 0.5) is 24.5 Å². The van der Waals surface area contributed by atoms with Crippen LogP contribution in [0.15, 0.2) is 65.8 Å². The first kappa shape index (κ1) is 32.3. The van der Waals surface area contributed by atoms with Crippen LogP contribution < -0.4 is 15.6 Å². The van der Waals surface area contributed by atoms with Crippen molar-refractivity contribution >= 4 is 52.8 Å². The quantitative estimate of drug-likeness (QED) is 0.158. The average molecular weight is 634 g/mol. The Morgan fingerprint density at radius 3 is 2.53 bits per heavy atom. The molecular formula is C30H31ClF3N5O3S. The van der Waals surface area contributed by atoms with Crippen LogP contribution in [0, 0.1) is 0 Å². The van der Waals surface area contributed by atoms with Gasteiger partial charge in [0.15, 0.2) is 0 Å². The van der Waals surface area contributed by atoms with Crippen molar-refractivity contribution < 1.29 is 27.9 Å². The van der Waals surface area contributed by atoms with E-state index in [9.17, 15) is 22.8 Å². The Hall–Kier alpha value is -3.58. The summed E-state index contributed by atoms with van der Waals surface area (Å²) in [5.74, 6) is 0.144. The third-order valence-electron chi connectivity index (χ3n) is 6.73. The number of halogens is 4. The molecule has 2 amide bonds. The maximum Gasteiger partial charge on any atom is 0.417 e. The summed E-state index contributed by atoms with van der Waals surface area (Å²) in [6.07, 6.45) is -3.55. The molecule has 43 heavy (non-hydrogen) atoms. The van der Waals surface area contributed by atoms with E-state index >= 15 is 0 Å². The number of hydrogen-bond acceptors (Lipinski definition) is 7. The van der Waals surface area contributed by atoms with Crippen molar-refractivity contribution in [2.45, 2.75) is 11.9 Å². The van der Waals surface area contributed by atoms with Crippen LogP contribution >= 0.6 is 23.4 Å². The average Bonchev–Trinajstić information content (AvgIpc) is 2.98. The maximum atomic E-state index is 13.3. The second kappa shape index (κ2) is 14.7. The number of hydrazone groups is 1. The Labute approximate surface area is 256 Å². The summed E-state index contributed by atoms with van der Waals surface area (Å²) in [5, 5.41) is 15.3. The number of amides is 2. The number of nitrogens with one attached hydrogen (secondary N) is 2. The van der Waals surface area contributed by atoms with E-state index in [-0.39, 0.29) is 23.4 Å². The number of hydrogen-bond donors (Lipinski definition) is 3. The number of anilines is 2. The van der Waals surface area contributed by atoms with E-state index in [2.05, 4.69) is 25.6 Å². The molecule has 1 heterocycles. The Morgan fingerprint density at radius 1 is 1.05 bits per heavy atom. The predicted octanol–water partition coefficient (Wildman–Crippen LogP) is 5.35. The van der Waals surface area contributed by atoms with E-state index in [1.165, 1.54) is 6.07 Å². The van der Waals surface area contributed by atoms with Gasteiger partial charge in [-0.3, -0.25) is 9.59 Å². The summed E-state index contributed by atoms with van der Waals surface area (Å²) in [4.78, 5) is 30.8. The van der Waals surface area contributed by atoms with E-state index in [1.54, 1.807) is 42.1 Å². The number of alkyl halides is 3. The summed E-state index contributed by atoms with van der Waals surface area (Å²) in [5.41, 5.74) is 3.94. The minimum Gasteiger partial charge on any atom is -0.396 e. The summed E-state index contributed by atoms with van der Waals surface area (Å²) in [6.45, 7) is 3.26. The van der Waals surface area contributed by atoms with E-state index in [0.717, 1.165) is 55.8 Å². The van der Waals surface area contributed by atoms with E-state index in [0.29, 0.717) is 17.1 Å². The molecule has 0 aromatic heterocycles. The summed E-state index contributed by atoms with van der Waals surface area (Å²) >= 11 is 7.23. The van der Waals surface area contributed by atoms with Crippen LogP contribution in [-0.4, -0.2) is 73.6 Å². The van der Waals surface area contributed by atoms with Crippen LogP contribution in [0.3, 0.4) is 0 Å². The van der Waals surface area contributed by atoms with Gasteiger partial charge in [0.05, 0.1) is 34.7 Å². The van der Waals surface area contributed by atoms with Gasteiger partial charge in [0, 0.05) is 48.9 Å². The number of piperazine rings is 1. The van der Waals surface area contributed by atoms with Crippen molar-refractivity contribution in [3.63, 3.8) is 0 Å². The van der Waals surface area contributed by atoms with Gasteiger partial charge >= 0.3 is 6.18 Å². The second-order valence-electron chi connectivity index (χ2n) is 9.89. The molecule has 1 fully saturated rings. The molecule has 0 spiro atoms. The SMILES string of the molecule is CN1CCN(c2ccc(NC(=O)c3cccc(CSCCO)c3)c(C(=O)N/N=C\c3ccc(Cl)c(C(F)(F)F)c3)c2)CC1. The highest BCUT2D eigenvalue weighted by molar-refractivity contribution is 7.98. The minimum absolute atomic E-state index is 0.0676. The molecule has 1 saturated heterocycles. The Morgan fingerprint density at radius 2 is 1.81 bits per heavy atom. The molecule has 0 bridgehead atoms. The number of aliphatic hydroxyl groups is 1. The predicted molar refractivity (Wildman–Crippen MR) is 165 cm³/mol. The lowest BCUT2D eigenvalue weighted by atomic mass is 10.1. The number of benzene rings is 3. The lowest BCUT2D eigenvalue weighted by Crippen LogP contribution is -2.44. The van der Waals surface area contributed by atoms with Gasteiger partial charge in [-0.2, -0.15) is 30.0 Å². The number of likely N-dealkylation sites (N-methyl/N-ethyl adjacent to an activating group) is 1. The topological polar surface area (TPSA) is 97.3 Å². The Balaban J connectivity index is 1.56. The molecular weight excluding hydrogens is 603 g/mol. The van der Waals surface area contributed by atoms with Crippen molar-refractivity contribution in [1.29, 1.82) is 0 Å². The van der Waals surface area contributed by atoms with E-state index in [4.69, 9.17) is 16.7 Å². The van der Waals surface area contributed by atoms with Gasteiger partial charge in [-0.15, -0.1) is 0 Å². The van der Waals surface area contributed by atoms with Crippen molar-refractivity contribution in [3.8, 4) is 0 Å². The zero-order valence-electron chi connectivity index (χ0n) is 23.3. The minimum atomic E-state index is -4.64. The Bertz CT molecular complexity index is 1480. The maximum absolute atomic E-state index is 13.3. The van der Waals surface area contributed by atoms with Crippen molar-refractivity contribution in [2.24, 2.45) is 5.10 Å². The van der Waals surface area contributed by atoms with Crippen LogP contribution in [-0.2, 0) is 11.9 Å². The molecule has 3 aromatic rings. The van der Waals surface area contributed by atoms with E-state index in [1.807, 2.05) is 19.2 Å². The molecule has 3 aromatic carbocycles. The van der Waals surface area contributed by atoms with Crippen molar-refractivity contribution in [3.05, 3.63) is 93.5 Å². The third kappa shape index (κ3) is 8.96. The summed E-state index contributed by atoms with van der Waals surface area (Å²) < 4.78 is 39.7. The first-order chi connectivity index (χ1) is 20.5. The van der Waals surface area contributed by atoms with Gasteiger partial charge in [0.25, 0.3) is 11.8 Å². The highest BCUT2D eigenvalue weighted by atomic mass is 35.5. The highest BCUT2D eigenvalue weighted by Gasteiger charge is 2.33. The molecule has 4 rings (SSSR count). The molecule has 0 saturated carbocycles. The first-order valence-electron chi connectivity index (χ1n) is 13.4. The number of carbonyl (C=O) groups is 2. The molecule has 3 N–H and O–H groups in total. The molecule has 1 aliphatic heterocycles. The summed E-state index contributed by atoms with van der Waals surface area (Å²) in [7, 11) is 2.03. The van der Waals surface area contributed by atoms with Crippen LogP contribution in [0.25, 0.3) is 0 Å². The molecule has 0 atom stereocenters. The third-order valence-corrected chi connectivity index (χ3v) is 8.07. The number of carbonyl (C=O) groups excluding carboxylic acids is 2. The second-order valence-corrected chi connectivity index (χ2v) is 11.4. The highest BCUT2D eigenvalue weighted by Crippen LogP contribution is 2.35. The smallest absolute Gasteiger partial charge is 0.396 e. The lowest BCUT2D eigenvalue weighted by Gasteiger charge is -2.34. The molecule has 8 nitrogen and oxygen atoms in total. The zero-order chi connectivity index (χ0) is 31.0. The normalized spacial score (nSPS) is 14.2. The fraction of sp³-hybridized carbons (Fsp3) is 0.300. The Kier molecular flexibility index (Phi) is 11.1. The fourth-order valence-corrected chi connectivity index (χ4v) is 5.32. The number of thioether (sulfide) groups is 1. The van der Waals surface area contributed by atoms with Crippen LogP contribution in [0.1, 0.15) is 37.4 Å². The number of nitrogens with zero attached hydrogens (tertiary/aromatic N) is 3. The van der Waals surface area contributed by atoms with Gasteiger partial charge in [0.2, 0.25) is 0 Å². The molecule has 0 unspecified atom stereocenters. The molecule has 1 aliphatic rings. The molecule has 0 radical (unpaired) electrons. The van der Waals surface area contributed by atoms with Gasteiger partial charge in [-0.1, -0.05) is 29.8 Å². The van der Waals surface area contributed by atoms with Gasteiger partial charge < -0.3 is 20.2 Å². The molecule has 0 aliphatic carbocycles. The van der Waals surface area contributed by atoms with Gasteiger partial charge in [-0.25, -0.2) is 5.43 Å². The van der Waals surface area contributed by atoms with Crippen LogP contribution in [0.5, 0.6) is 0 Å². The van der Waals surface area contributed by atoms with E-state index < -0.39 is 28.6 Å². The van der Waals surface area contributed by atoms with Gasteiger partial charge in [-0.05, 0) is 60.6 Å². The monoisotopic (exact) mass is 633 g/mol. The van der Waals surface area contributed by atoms with Crippen LogP contribution in [0.2, 0.25) is 5.02 Å².